The van der Waals surface area contributed by atoms with Gasteiger partial charge in [0.25, 0.3) is 0 Å². The van der Waals surface area contributed by atoms with E-state index in [1.165, 1.54) is 6.08 Å². The van der Waals surface area contributed by atoms with Crippen LogP contribution in [0.2, 0.25) is 0 Å². The summed E-state index contributed by atoms with van der Waals surface area (Å²) >= 11 is 0. The zero-order chi connectivity index (χ0) is 13.1. The van der Waals surface area contributed by atoms with E-state index in [9.17, 15) is 9.90 Å². The summed E-state index contributed by atoms with van der Waals surface area (Å²) < 4.78 is 0. The van der Waals surface area contributed by atoms with Crippen LogP contribution in [0.5, 0.6) is 0 Å². The van der Waals surface area contributed by atoms with Crippen molar-refractivity contribution in [3.05, 3.63) is 41.8 Å². The Morgan fingerprint density at radius 3 is 2.83 bits per heavy atom. The van der Waals surface area contributed by atoms with Crippen LogP contribution in [0, 0.1) is 5.92 Å². The number of rotatable bonds is 4. The fourth-order valence-electron chi connectivity index (χ4n) is 1.92. The lowest BCUT2D eigenvalue weighted by molar-refractivity contribution is -0.118. The Morgan fingerprint density at radius 1 is 1.39 bits per heavy atom. The molecule has 0 fully saturated rings. The van der Waals surface area contributed by atoms with Gasteiger partial charge in [-0.2, -0.15) is 0 Å². The number of para-hydroxylation sites is 1. The molecule has 0 aliphatic carbocycles. The van der Waals surface area contributed by atoms with Crippen molar-refractivity contribution in [3.8, 4) is 0 Å². The first kappa shape index (κ1) is 12.4. The van der Waals surface area contributed by atoms with E-state index < -0.39 is 0 Å². The van der Waals surface area contributed by atoms with Crippen molar-refractivity contribution in [2.24, 2.45) is 5.92 Å². The number of benzene rings is 1. The van der Waals surface area contributed by atoms with E-state index in [2.05, 4.69) is 4.98 Å². The van der Waals surface area contributed by atoms with E-state index in [1.54, 1.807) is 6.20 Å². The van der Waals surface area contributed by atoms with Crippen molar-refractivity contribution in [1.29, 1.82) is 0 Å². The quantitative estimate of drug-likeness (QED) is 0.635. The normalized spacial score (nSPS) is 12.3. The van der Waals surface area contributed by atoms with Gasteiger partial charge in [-0.25, -0.2) is 0 Å². The van der Waals surface area contributed by atoms with Crippen LogP contribution in [0.25, 0.3) is 17.0 Å². The molecular formula is C15H17NO2. The third-order valence-corrected chi connectivity index (χ3v) is 2.79. The Balaban J connectivity index is 2.29. The molecule has 0 bridgehead atoms. The Kier molecular flexibility index (Phi) is 3.51. The molecular weight excluding hydrogens is 226 g/mol. The molecule has 0 atom stereocenters. The molecule has 0 aliphatic rings. The number of ketones is 1. The van der Waals surface area contributed by atoms with E-state index in [4.69, 9.17) is 0 Å². The van der Waals surface area contributed by atoms with Gasteiger partial charge in [-0.05, 0) is 18.1 Å². The van der Waals surface area contributed by atoms with E-state index in [0.717, 1.165) is 16.5 Å². The first-order valence-corrected chi connectivity index (χ1v) is 6.08. The van der Waals surface area contributed by atoms with Crippen LogP contribution in [0.3, 0.4) is 0 Å². The van der Waals surface area contributed by atoms with E-state index >= 15 is 0 Å². The Morgan fingerprint density at radius 2 is 2.11 bits per heavy atom. The standard InChI is InChI=1S/C15H17NO2/c1-10(2)7-14(17)15(18)8-11-9-16-13-6-4-3-5-12(11)13/h3-6,8-10,16,18H,7H2,1-2H3/b15-8-. The highest BCUT2D eigenvalue weighted by Gasteiger charge is 2.11. The number of aliphatic hydroxyl groups excluding tert-OH is 1. The van der Waals surface area contributed by atoms with Gasteiger partial charge >= 0.3 is 0 Å². The molecule has 0 unspecified atom stereocenters. The largest absolute Gasteiger partial charge is 0.504 e. The smallest absolute Gasteiger partial charge is 0.197 e. The number of nitrogens with one attached hydrogen (secondary N) is 1. The summed E-state index contributed by atoms with van der Waals surface area (Å²) in [5.41, 5.74) is 1.83. The highest BCUT2D eigenvalue weighted by atomic mass is 16.3. The maximum absolute atomic E-state index is 11.7. The van der Waals surface area contributed by atoms with Crippen molar-refractivity contribution in [1.82, 2.24) is 4.98 Å². The van der Waals surface area contributed by atoms with Gasteiger partial charge < -0.3 is 10.1 Å². The molecule has 0 spiro atoms. The fraction of sp³-hybridized carbons (Fsp3) is 0.267. The Hall–Kier alpha value is -2.03. The molecule has 1 aromatic heterocycles. The fourth-order valence-corrected chi connectivity index (χ4v) is 1.92. The molecule has 0 radical (unpaired) electrons. The van der Waals surface area contributed by atoms with Crippen LogP contribution in [0.15, 0.2) is 36.2 Å². The topological polar surface area (TPSA) is 53.1 Å². The molecule has 3 heteroatoms. The minimum Gasteiger partial charge on any atom is -0.504 e. The van der Waals surface area contributed by atoms with Gasteiger partial charge in [-0.1, -0.05) is 32.0 Å². The first-order valence-electron chi connectivity index (χ1n) is 6.08. The summed E-state index contributed by atoms with van der Waals surface area (Å²) in [6, 6.07) is 7.79. The first-order chi connectivity index (χ1) is 8.58. The minimum absolute atomic E-state index is 0.173. The van der Waals surface area contributed by atoms with Gasteiger partial charge in [0.1, 0.15) is 0 Å². The van der Waals surface area contributed by atoms with Crippen LogP contribution < -0.4 is 0 Å². The molecule has 2 aromatic rings. The predicted molar refractivity (Wildman–Crippen MR) is 73.4 cm³/mol. The molecule has 18 heavy (non-hydrogen) atoms. The van der Waals surface area contributed by atoms with Crippen molar-refractivity contribution >= 4 is 22.8 Å². The third-order valence-electron chi connectivity index (χ3n) is 2.79. The number of aromatic nitrogens is 1. The van der Waals surface area contributed by atoms with Crippen molar-refractivity contribution in [2.75, 3.05) is 0 Å². The van der Waals surface area contributed by atoms with E-state index in [1.807, 2.05) is 38.1 Å². The summed E-state index contributed by atoms with van der Waals surface area (Å²) in [5, 5.41) is 10.8. The Labute approximate surface area is 106 Å². The number of fused-ring (bicyclic) bond motifs is 1. The summed E-state index contributed by atoms with van der Waals surface area (Å²) in [6.07, 6.45) is 3.69. The monoisotopic (exact) mass is 243 g/mol. The average molecular weight is 243 g/mol. The SMILES string of the molecule is CC(C)CC(=O)/C(O)=C/c1c[nH]c2ccccc12. The Bertz CT molecular complexity index is 593. The summed E-state index contributed by atoms with van der Waals surface area (Å²) in [6.45, 7) is 3.91. The molecule has 2 rings (SSSR count). The predicted octanol–water partition coefficient (Wildman–Crippen LogP) is 3.68. The molecule has 1 aromatic carbocycles. The van der Waals surface area contributed by atoms with Crippen LogP contribution in [-0.4, -0.2) is 15.9 Å². The molecule has 0 amide bonds. The van der Waals surface area contributed by atoms with Crippen LogP contribution in [-0.2, 0) is 4.79 Å². The number of hydrogen-bond acceptors (Lipinski definition) is 2. The van der Waals surface area contributed by atoms with E-state index in [0.29, 0.717) is 6.42 Å². The van der Waals surface area contributed by atoms with Crippen LogP contribution in [0.1, 0.15) is 25.8 Å². The van der Waals surface area contributed by atoms with Crippen LogP contribution >= 0.6 is 0 Å². The zero-order valence-electron chi connectivity index (χ0n) is 10.6. The number of aliphatic hydroxyl groups is 1. The summed E-state index contributed by atoms with van der Waals surface area (Å²) in [4.78, 5) is 14.8. The number of carbonyl (C=O) groups is 1. The highest BCUT2D eigenvalue weighted by Crippen LogP contribution is 2.20. The second-order valence-electron chi connectivity index (χ2n) is 4.84. The van der Waals surface area contributed by atoms with Crippen molar-refractivity contribution in [2.45, 2.75) is 20.3 Å². The molecule has 0 saturated heterocycles. The molecule has 0 saturated carbocycles. The minimum atomic E-state index is -0.213. The number of hydrogen-bond donors (Lipinski definition) is 2. The average Bonchev–Trinajstić information content (AvgIpc) is 2.72. The van der Waals surface area contributed by atoms with Gasteiger partial charge in [0.2, 0.25) is 0 Å². The highest BCUT2D eigenvalue weighted by molar-refractivity contribution is 6.00. The van der Waals surface area contributed by atoms with Crippen LogP contribution in [0.4, 0.5) is 0 Å². The number of H-pyrrole nitrogens is 1. The number of allylic oxidation sites excluding steroid dienone is 1. The lowest BCUT2D eigenvalue weighted by Gasteiger charge is -2.02. The second kappa shape index (κ2) is 5.08. The zero-order valence-corrected chi connectivity index (χ0v) is 10.6. The van der Waals surface area contributed by atoms with Gasteiger partial charge in [-0.3, -0.25) is 4.79 Å². The van der Waals surface area contributed by atoms with Gasteiger partial charge in [-0.15, -0.1) is 0 Å². The summed E-state index contributed by atoms with van der Waals surface area (Å²) in [7, 11) is 0. The molecule has 2 N–H and O–H groups in total. The molecule has 3 nitrogen and oxygen atoms in total. The van der Waals surface area contributed by atoms with Gasteiger partial charge in [0.15, 0.2) is 11.5 Å². The number of carbonyl (C=O) groups excluding carboxylic acids is 1. The molecule has 1 heterocycles. The van der Waals surface area contributed by atoms with Gasteiger partial charge in [0, 0.05) is 29.1 Å². The second-order valence-corrected chi connectivity index (χ2v) is 4.84. The lowest BCUT2D eigenvalue weighted by atomic mass is 10.0. The number of aromatic amines is 1. The van der Waals surface area contributed by atoms with Crippen molar-refractivity contribution < 1.29 is 9.90 Å². The number of Topliss-reactive ketones (excluding diaryl/α,β-unsaturated/α-hetero) is 1. The van der Waals surface area contributed by atoms with Crippen molar-refractivity contribution in [3.63, 3.8) is 0 Å². The lowest BCUT2D eigenvalue weighted by Crippen LogP contribution is -2.05. The maximum Gasteiger partial charge on any atom is 0.197 e. The molecule has 94 valence electrons. The third kappa shape index (κ3) is 2.62. The van der Waals surface area contributed by atoms with Gasteiger partial charge in [0.05, 0.1) is 0 Å². The summed E-state index contributed by atoms with van der Waals surface area (Å²) in [5.74, 6) is -0.139. The molecule has 0 aliphatic heterocycles. The maximum atomic E-state index is 11.7. The van der Waals surface area contributed by atoms with E-state index in [-0.39, 0.29) is 17.5 Å².